The van der Waals surface area contributed by atoms with E-state index in [-0.39, 0.29) is 12.0 Å². The van der Waals surface area contributed by atoms with Crippen molar-refractivity contribution in [2.45, 2.75) is 25.3 Å². The molecular weight excluding hydrogens is 166 g/mol. The van der Waals surface area contributed by atoms with Crippen molar-refractivity contribution >= 4 is 5.78 Å². The van der Waals surface area contributed by atoms with E-state index in [1.54, 1.807) is 0 Å². The molecule has 1 aliphatic carbocycles. The third-order valence-corrected chi connectivity index (χ3v) is 3.05. The number of carbonyl (C=O) groups is 1. The van der Waals surface area contributed by atoms with Gasteiger partial charge in [0.05, 0.1) is 19.1 Å². The summed E-state index contributed by atoms with van der Waals surface area (Å²) in [6.07, 6.45) is 3.29. The Morgan fingerprint density at radius 1 is 1.46 bits per heavy atom. The first-order chi connectivity index (χ1) is 6.31. The highest BCUT2D eigenvalue weighted by Gasteiger charge is 2.35. The van der Waals surface area contributed by atoms with Gasteiger partial charge in [-0.05, 0) is 25.8 Å². The molecule has 3 nitrogen and oxygen atoms in total. The molecule has 0 bridgehead atoms. The van der Waals surface area contributed by atoms with E-state index in [9.17, 15) is 4.79 Å². The van der Waals surface area contributed by atoms with Crippen molar-refractivity contribution in [2.75, 3.05) is 20.3 Å². The molecule has 1 N–H and O–H groups in total. The summed E-state index contributed by atoms with van der Waals surface area (Å²) in [7, 11) is 1.90. The molecule has 3 heteroatoms. The van der Waals surface area contributed by atoms with Crippen LogP contribution in [0.5, 0.6) is 0 Å². The SMILES string of the molecule is CNC1COCC1C(=O)CC1CC1. The van der Waals surface area contributed by atoms with Gasteiger partial charge in [-0.1, -0.05) is 0 Å². The molecule has 0 aromatic carbocycles. The van der Waals surface area contributed by atoms with E-state index in [0.29, 0.717) is 24.9 Å². The van der Waals surface area contributed by atoms with Gasteiger partial charge < -0.3 is 10.1 Å². The highest BCUT2D eigenvalue weighted by Crippen LogP contribution is 2.34. The quantitative estimate of drug-likeness (QED) is 0.693. The van der Waals surface area contributed by atoms with E-state index in [1.807, 2.05) is 7.05 Å². The number of hydrogen-bond acceptors (Lipinski definition) is 3. The van der Waals surface area contributed by atoms with Crippen LogP contribution in [0.15, 0.2) is 0 Å². The number of likely N-dealkylation sites (N-methyl/N-ethyl adjacent to an activating group) is 1. The second kappa shape index (κ2) is 3.76. The van der Waals surface area contributed by atoms with E-state index in [1.165, 1.54) is 12.8 Å². The van der Waals surface area contributed by atoms with Gasteiger partial charge in [0.2, 0.25) is 0 Å². The van der Waals surface area contributed by atoms with Gasteiger partial charge in [-0.25, -0.2) is 0 Å². The zero-order valence-electron chi connectivity index (χ0n) is 8.08. The maximum Gasteiger partial charge on any atom is 0.140 e. The summed E-state index contributed by atoms with van der Waals surface area (Å²) in [5.41, 5.74) is 0. The average Bonchev–Trinajstić information content (AvgIpc) is 2.82. The van der Waals surface area contributed by atoms with Crippen LogP contribution in [0, 0.1) is 11.8 Å². The number of carbonyl (C=O) groups excluding carboxylic acids is 1. The van der Waals surface area contributed by atoms with E-state index < -0.39 is 0 Å². The summed E-state index contributed by atoms with van der Waals surface area (Å²) in [5.74, 6) is 1.22. The number of rotatable bonds is 4. The van der Waals surface area contributed by atoms with Crippen LogP contribution >= 0.6 is 0 Å². The molecule has 1 heterocycles. The Labute approximate surface area is 78.8 Å². The highest BCUT2D eigenvalue weighted by molar-refractivity contribution is 5.82. The lowest BCUT2D eigenvalue weighted by Crippen LogP contribution is -2.37. The van der Waals surface area contributed by atoms with Crippen LogP contribution in [0.2, 0.25) is 0 Å². The Morgan fingerprint density at radius 2 is 2.23 bits per heavy atom. The van der Waals surface area contributed by atoms with Gasteiger partial charge >= 0.3 is 0 Å². The second-order valence-electron chi connectivity index (χ2n) is 4.15. The molecule has 1 saturated carbocycles. The Kier molecular flexibility index (Phi) is 2.65. The van der Waals surface area contributed by atoms with Crippen LogP contribution in [0.1, 0.15) is 19.3 Å². The summed E-state index contributed by atoms with van der Waals surface area (Å²) in [4.78, 5) is 11.7. The summed E-state index contributed by atoms with van der Waals surface area (Å²) in [6, 6.07) is 0.256. The van der Waals surface area contributed by atoms with Gasteiger partial charge in [-0.15, -0.1) is 0 Å². The van der Waals surface area contributed by atoms with Crippen LogP contribution in [0.3, 0.4) is 0 Å². The fraction of sp³-hybridized carbons (Fsp3) is 0.900. The smallest absolute Gasteiger partial charge is 0.140 e. The second-order valence-corrected chi connectivity index (χ2v) is 4.15. The van der Waals surface area contributed by atoms with Crippen molar-refractivity contribution in [2.24, 2.45) is 11.8 Å². The van der Waals surface area contributed by atoms with Crippen LogP contribution in [-0.4, -0.2) is 32.1 Å². The van der Waals surface area contributed by atoms with Gasteiger partial charge in [0.25, 0.3) is 0 Å². The Balaban J connectivity index is 1.86. The van der Waals surface area contributed by atoms with E-state index >= 15 is 0 Å². The minimum Gasteiger partial charge on any atom is -0.379 e. The molecule has 0 amide bonds. The Bertz CT molecular complexity index is 201. The standard InChI is InChI=1S/C10H17NO2/c1-11-9-6-13-5-8(9)10(12)4-7-2-3-7/h7-9,11H,2-6H2,1H3. The lowest BCUT2D eigenvalue weighted by atomic mass is 9.95. The van der Waals surface area contributed by atoms with E-state index in [2.05, 4.69) is 5.32 Å². The number of nitrogens with one attached hydrogen (secondary N) is 1. The molecule has 2 unspecified atom stereocenters. The van der Waals surface area contributed by atoms with Crippen molar-refractivity contribution in [1.29, 1.82) is 0 Å². The number of ketones is 1. The van der Waals surface area contributed by atoms with Crippen LogP contribution in [-0.2, 0) is 9.53 Å². The number of hydrogen-bond donors (Lipinski definition) is 1. The first-order valence-corrected chi connectivity index (χ1v) is 5.09. The molecular formula is C10H17NO2. The molecule has 74 valence electrons. The third kappa shape index (κ3) is 2.09. The van der Waals surface area contributed by atoms with Crippen molar-refractivity contribution < 1.29 is 9.53 Å². The summed E-state index contributed by atoms with van der Waals surface area (Å²) >= 11 is 0. The molecule has 1 saturated heterocycles. The van der Waals surface area contributed by atoms with Crippen molar-refractivity contribution in [3.63, 3.8) is 0 Å². The normalized spacial score (nSPS) is 33.6. The fourth-order valence-electron chi connectivity index (χ4n) is 1.91. The van der Waals surface area contributed by atoms with Crippen LogP contribution in [0.4, 0.5) is 0 Å². The zero-order valence-corrected chi connectivity index (χ0v) is 8.08. The topological polar surface area (TPSA) is 38.3 Å². The number of Topliss-reactive ketones (excluding diaryl/α,β-unsaturated/α-hetero) is 1. The summed E-state index contributed by atoms with van der Waals surface area (Å²) in [6.45, 7) is 1.31. The largest absolute Gasteiger partial charge is 0.379 e. The lowest BCUT2D eigenvalue weighted by Gasteiger charge is -2.14. The van der Waals surface area contributed by atoms with Crippen molar-refractivity contribution in [3.8, 4) is 0 Å². The Hall–Kier alpha value is -0.410. The van der Waals surface area contributed by atoms with Gasteiger partial charge in [-0.3, -0.25) is 4.79 Å². The van der Waals surface area contributed by atoms with E-state index in [0.717, 1.165) is 6.42 Å². The molecule has 0 aromatic rings. The van der Waals surface area contributed by atoms with Gasteiger partial charge in [0.15, 0.2) is 0 Å². The van der Waals surface area contributed by atoms with Crippen molar-refractivity contribution in [3.05, 3.63) is 0 Å². The number of ether oxygens (including phenoxy) is 1. The van der Waals surface area contributed by atoms with E-state index in [4.69, 9.17) is 4.74 Å². The Morgan fingerprint density at radius 3 is 2.85 bits per heavy atom. The molecule has 2 rings (SSSR count). The van der Waals surface area contributed by atoms with Crippen LogP contribution in [0.25, 0.3) is 0 Å². The van der Waals surface area contributed by atoms with Crippen molar-refractivity contribution in [1.82, 2.24) is 5.32 Å². The van der Waals surface area contributed by atoms with Gasteiger partial charge in [-0.2, -0.15) is 0 Å². The predicted octanol–water partition coefficient (Wildman–Crippen LogP) is 0.590. The fourth-order valence-corrected chi connectivity index (χ4v) is 1.91. The maximum absolute atomic E-state index is 11.7. The lowest BCUT2D eigenvalue weighted by molar-refractivity contribution is -0.123. The molecule has 2 atom stereocenters. The van der Waals surface area contributed by atoms with Gasteiger partial charge in [0.1, 0.15) is 5.78 Å². The first-order valence-electron chi connectivity index (χ1n) is 5.09. The summed E-state index contributed by atoms with van der Waals surface area (Å²) < 4.78 is 5.30. The molecule has 1 aliphatic heterocycles. The molecule has 0 radical (unpaired) electrons. The average molecular weight is 183 g/mol. The first kappa shape index (κ1) is 9.16. The van der Waals surface area contributed by atoms with Crippen LogP contribution < -0.4 is 5.32 Å². The molecule has 0 aromatic heterocycles. The minimum absolute atomic E-state index is 0.116. The molecule has 2 aliphatic rings. The minimum atomic E-state index is 0.116. The molecule has 2 fully saturated rings. The predicted molar refractivity (Wildman–Crippen MR) is 49.5 cm³/mol. The monoisotopic (exact) mass is 183 g/mol. The van der Waals surface area contributed by atoms with Gasteiger partial charge in [0, 0.05) is 12.5 Å². The molecule has 0 spiro atoms. The highest BCUT2D eigenvalue weighted by atomic mass is 16.5. The maximum atomic E-state index is 11.7. The zero-order chi connectivity index (χ0) is 9.26. The third-order valence-electron chi connectivity index (χ3n) is 3.05. The molecule has 13 heavy (non-hydrogen) atoms. The summed E-state index contributed by atoms with van der Waals surface area (Å²) in [5, 5.41) is 3.14.